The van der Waals surface area contributed by atoms with Crippen molar-refractivity contribution in [3.63, 3.8) is 0 Å². The second kappa shape index (κ2) is 5.78. The van der Waals surface area contributed by atoms with Crippen molar-refractivity contribution in [1.29, 1.82) is 5.26 Å². The van der Waals surface area contributed by atoms with Crippen molar-refractivity contribution in [2.75, 3.05) is 25.1 Å². The summed E-state index contributed by atoms with van der Waals surface area (Å²) in [5.41, 5.74) is 0.492. The van der Waals surface area contributed by atoms with E-state index in [0.717, 1.165) is 5.56 Å². The molecule has 1 aromatic heterocycles. The number of hydrogen-bond donors (Lipinski definition) is 4. The minimum atomic E-state index is -1.29. The molecule has 0 atom stereocenters. The monoisotopic (exact) mass is 251 g/mol. The number of anilines is 1. The van der Waals surface area contributed by atoms with Gasteiger partial charge in [-0.25, -0.2) is 4.98 Å². The highest BCUT2D eigenvalue weighted by atomic mass is 16.3. The molecule has 0 fully saturated rings. The number of aryl methyl sites for hydroxylation is 2. The number of nitrogens with one attached hydrogen (secondary N) is 1. The van der Waals surface area contributed by atoms with Gasteiger partial charge in [-0.1, -0.05) is 0 Å². The van der Waals surface area contributed by atoms with Crippen LogP contribution in [0.3, 0.4) is 0 Å². The van der Waals surface area contributed by atoms with E-state index in [1.165, 1.54) is 0 Å². The molecule has 0 saturated carbocycles. The normalized spacial score (nSPS) is 11.1. The van der Waals surface area contributed by atoms with E-state index >= 15 is 0 Å². The number of aromatic nitrogens is 1. The van der Waals surface area contributed by atoms with Crippen LogP contribution in [0, 0.1) is 25.2 Å². The van der Waals surface area contributed by atoms with Gasteiger partial charge in [0.05, 0.1) is 25.4 Å². The van der Waals surface area contributed by atoms with Crippen LogP contribution in [0.25, 0.3) is 0 Å². The molecule has 0 bridgehead atoms. The second-order valence-corrected chi connectivity index (χ2v) is 4.30. The van der Waals surface area contributed by atoms with Gasteiger partial charge in [-0.3, -0.25) is 0 Å². The molecule has 1 heterocycles. The second-order valence-electron chi connectivity index (χ2n) is 4.30. The molecule has 0 unspecified atom stereocenters. The Kier molecular flexibility index (Phi) is 4.62. The molecule has 4 N–H and O–H groups in total. The minimum Gasteiger partial charge on any atom is -0.394 e. The first-order chi connectivity index (χ1) is 8.51. The fourth-order valence-corrected chi connectivity index (χ4v) is 1.59. The molecule has 1 aromatic rings. The molecule has 18 heavy (non-hydrogen) atoms. The molecule has 0 aliphatic carbocycles. The number of rotatable bonds is 5. The molecule has 1 rings (SSSR count). The maximum absolute atomic E-state index is 9.25. The van der Waals surface area contributed by atoms with Crippen LogP contribution in [-0.4, -0.2) is 45.7 Å². The van der Waals surface area contributed by atoms with E-state index in [0.29, 0.717) is 11.3 Å². The lowest BCUT2D eigenvalue weighted by molar-refractivity contribution is 0.0831. The van der Waals surface area contributed by atoms with Gasteiger partial charge in [-0.15, -0.1) is 0 Å². The summed E-state index contributed by atoms with van der Waals surface area (Å²) in [7, 11) is 0. The SMILES string of the molecule is Cc1cc(C)c(C#N)c(NC(CO)(CO)CO)n1. The molecule has 0 radical (unpaired) electrons. The van der Waals surface area contributed by atoms with Crippen molar-refractivity contribution >= 4 is 5.82 Å². The number of aliphatic hydroxyl groups excluding tert-OH is 3. The van der Waals surface area contributed by atoms with Crippen molar-refractivity contribution in [1.82, 2.24) is 4.98 Å². The number of nitriles is 1. The van der Waals surface area contributed by atoms with Gasteiger partial charge < -0.3 is 20.6 Å². The van der Waals surface area contributed by atoms with Gasteiger partial charge >= 0.3 is 0 Å². The Morgan fingerprint density at radius 2 is 1.83 bits per heavy atom. The van der Waals surface area contributed by atoms with Gasteiger partial charge in [0.25, 0.3) is 0 Å². The first-order valence-corrected chi connectivity index (χ1v) is 5.51. The molecule has 6 heteroatoms. The summed E-state index contributed by atoms with van der Waals surface area (Å²) in [5, 5.41) is 39.6. The summed E-state index contributed by atoms with van der Waals surface area (Å²) < 4.78 is 0. The molecule has 0 aliphatic heterocycles. The van der Waals surface area contributed by atoms with Crippen LogP contribution >= 0.6 is 0 Å². The van der Waals surface area contributed by atoms with E-state index < -0.39 is 25.4 Å². The lowest BCUT2D eigenvalue weighted by atomic mass is 10.0. The molecule has 0 saturated heterocycles. The molecule has 98 valence electrons. The van der Waals surface area contributed by atoms with E-state index in [9.17, 15) is 15.3 Å². The first-order valence-electron chi connectivity index (χ1n) is 5.51. The van der Waals surface area contributed by atoms with Gasteiger partial charge in [0.15, 0.2) is 0 Å². The Morgan fingerprint density at radius 3 is 2.28 bits per heavy atom. The molecule has 6 nitrogen and oxygen atoms in total. The Morgan fingerprint density at radius 1 is 1.28 bits per heavy atom. The molecule has 0 aromatic carbocycles. The van der Waals surface area contributed by atoms with E-state index in [-0.39, 0.29) is 5.82 Å². The zero-order chi connectivity index (χ0) is 13.8. The third-order valence-electron chi connectivity index (χ3n) is 2.75. The van der Waals surface area contributed by atoms with E-state index in [1.54, 1.807) is 19.9 Å². The van der Waals surface area contributed by atoms with Gasteiger partial charge in [-0.2, -0.15) is 5.26 Å². The zero-order valence-corrected chi connectivity index (χ0v) is 10.4. The summed E-state index contributed by atoms with van der Waals surface area (Å²) in [5.74, 6) is 0.257. The van der Waals surface area contributed by atoms with Gasteiger partial charge in [0.2, 0.25) is 0 Å². The highest BCUT2D eigenvalue weighted by molar-refractivity contribution is 5.57. The van der Waals surface area contributed by atoms with Crippen LogP contribution in [0.5, 0.6) is 0 Å². The van der Waals surface area contributed by atoms with Crippen molar-refractivity contribution < 1.29 is 15.3 Å². The van der Waals surface area contributed by atoms with E-state index in [1.807, 2.05) is 6.07 Å². The number of aliphatic hydroxyl groups is 3. The minimum absolute atomic E-state index is 0.257. The first kappa shape index (κ1) is 14.4. The fourth-order valence-electron chi connectivity index (χ4n) is 1.59. The summed E-state index contributed by atoms with van der Waals surface area (Å²) in [6.45, 7) is 2.13. The Hall–Kier alpha value is -1.68. The van der Waals surface area contributed by atoms with Gasteiger partial charge in [0, 0.05) is 5.69 Å². The smallest absolute Gasteiger partial charge is 0.145 e. The van der Waals surface area contributed by atoms with Crippen molar-refractivity contribution in [2.24, 2.45) is 0 Å². The van der Waals surface area contributed by atoms with Gasteiger partial charge in [0.1, 0.15) is 17.4 Å². The average molecular weight is 251 g/mol. The molecule has 0 spiro atoms. The third kappa shape index (κ3) is 2.76. The maximum atomic E-state index is 9.25. The largest absolute Gasteiger partial charge is 0.394 e. The topological polar surface area (TPSA) is 109 Å². The maximum Gasteiger partial charge on any atom is 0.145 e. The zero-order valence-electron chi connectivity index (χ0n) is 10.4. The number of hydrogen-bond acceptors (Lipinski definition) is 6. The average Bonchev–Trinajstić information content (AvgIpc) is 2.35. The van der Waals surface area contributed by atoms with Crippen LogP contribution in [0.2, 0.25) is 0 Å². The van der Waals surface area contributed by atoms with Crippen LogP contribution in [-0.2, 0) is 0 Å². The molecule has 0 aliphatic rings. The summed E-state index contributed by atoms with van der Waals surface area (Å²) >= 11 is 0. The summed E-state index contributed by atoms with van der Waals surface area (Å²) in [6, 6.07) is 3.78. The Bertz CT molecular complexity index is 456. The summed E-state index contributed by atoms with van der Waals surface area (Å²) in [4.78, 5) is 4.17. The third-order valence-corrected chi connectivity index (χ3v) is 2.75. The Balaban J connectivity index is 3.22. The van der Waals surface area contributed by atoms with Crippen molar-refractivity contribution in [2.45, 2.75) is 19.4 Å². The lowest BCUT2D eigenvalue weighted by Gasteiger charge is -2.30. The highest BCUT2D eigenvalue weighted by Crippen LogP contribution is 2.21. The van der Waals surface area contributed by atoms with Gasteiger partial charge in [-0.05, 0) is 25.5 Å². The molecular weight excluding hydrogens is 234 g/mol. The van der Waals surface area contributed by atoms with Crippen LogP contribution < -0.4 is 5.32 Å². The van der Waals surface area contributed by atoms with E-state index in [2.05, 4.69) is 10.3 Å². The molecular formula is C12H17N3O3. The van der Waals surface area contributed by atoms with E-state index in [4.69, 9.17) is 5.26 Å². The fraction of sp³-hybridized carbons (Fsp3) is 0.500. The van der Waals surface area contributed by atoms with Crippen LogP contribution in [0.4, 0.5) is 5.82 Å². The van der Waals surface area contributed by atoms with Crippen molar-refractivity contribution in [3.05, 3.63) is 22.9 Å². The predicted molar refractivity (Wildman–Crippen MR) is 66.0 cm³/mol. The summed E-state index contributed by atoms with van der Waals surface area (Å²) in [6.07, 6.45) is 0. The standard InChI is InChI=1S/C12H17N3O3/c1-8-3-9(2)14-11(10(8)4-13)15-12(5-16,6-17)7-18/h3,16-18H,5-7H2,1-2H3,(H,14,15). The Labute approximate surface area is 106 Å². The van der Waals surface area contributed by atoms with Crippen LogP contribution in [0.15, 0.2) is 6.07 Å². The van der Waals surface area contributed by atoms with Crippen molar-refractivity contribution in [3.8, 4) is 6.07 Å². The molecule has 0 amide bonds. The number of nitrogens with zero attached hydrogens (tertiary/aromatic N) is 2. The van der Waals surface area contributed by atoms with Crippen LogP contribution in [0.1, 0.15) is 16.8 Å². The predicted octanol–water partition coefficient (Wildman–Crippen LogP) is -0.302. The number of pyridine rings is 1. The quantitative estimate of drug-likeness (QED) is 0.572. The highest BCUT2D eigenvalue weighted by Gasteiger charge is 2.29. The lowest BCUT2D eigenvalue weighted by Crippen LogP contribution is -2.49.